The molecule has 0 saturated heterocycles. The van der Waals surface area contributed by atoms with Crippen molar-refractivity contribution in [3.63, 3.8) is 0 Å². The van der Waals surface area contributed by atoms with Gasteiger partial charge in [0, 0.05) is 6.42 Å². The quantitative estimate of drug-likeness (QED) is 0.0133. The Hall–Kier alpha value is -2.60. The normalized spacial score (nSPS) is 13.1. The lowest BCUT2D eigenvalue weighted by Gasteiger charge is -2.30. The molecule has 0 spiro atoms. The van der Waals surface area contributed by atoms with Crippen molar-refractivity contribution in [3.05, 3.63) is 0 Å². The van der Waals surface area contributed by atoms with Crippen molar-refractivity contribution in [2.24, 2.45) is 16.7 Å². The number of carbonyl (C=O) groups excluding carboxylic acids is 2. The minimum absolute atomic E-state index is 0.00162. The highest BCUT2D eigenvalue weighted by Gasteiger charge is 2.27. The number of ether oxygens (including phenoxy) is 3. The lowest BCUT2D eigenvalue weighted by Crippen LogP contribution is -2.50. The van der Waals surface area contributed by atoms with E-state index in [1.807, 2.05) is 4.90 Å². The third kappa shape index (κ3) is 36.1. The molecule has 0 aromatic carbocycles. The molecule has 0 amide bonds. The highest BCUT2D eigenvalue weighted by Crippen LogP contribution is 2.20. The first-order valence-corrected chi connectivity index (χ1v) is 25.0. The van der Waals surface area contributed by atoms with Crippen molar-refractivity contribution >= 4 is 24.4 Å². The van der Waals surface area contributed by atoms with Crippen LogP contribution in [0.1, 0.15) is 240 Å². The van der Waals surface area contributed by atoms with Crippen LogP contribution in [0.15, 0.2) is 5.10 Å². The van der Waals surface area contributed by atoms with Crippen molar-refractivity contribution < 1.29 is 33.7 Å². The second-order valence-corrected chi connectivity index (χ2v) is 17.1. The van der Waals surface area contributed by atoms with Crippen LogP contribution in [0.25, 0.3) is 0 Å². The zero-order valence-corrected chi connectivity index (χ0v) is 39.4. The van der Waals surface area contributed by atoms with Crippen LogP contribution in [-0.4, -0.2) is 84.0 Å². The second kappa shape index (κ2) is 43.1. The van der Waals surface area contributed by atoms with Crippen molar-refractivity contribution in [1.29, 1.82) is 0 Å². The molecule has 0 aromatic heterocycles. The van der Waals surface area contributed by atoms with Crippen LogP contribution in [0.4, 0.5) is 4.79 Å². The monoisotopic (exact) mass is 854 g/mol. The van der Waals surface area contributed by atoms with E-state index in [0.717, 1.165) is 121 Å². The number of hydrazine groups is 1. The van der Waals surface area contributed by atoms with Crippen molar-refractivity contribution in [2.75, 3.05) is 26.2 Å². The van der Waals surface area contributed by atoms with Crippen LogP contribution >= 0.6 is 0 Å². The van der Waals surface area contributed by atoms with Gasteiger partial charge >= 0.3 is 18.1 Å². The van der Waals surface area contributed by atoms with Crippen LogP contribution < -0.4 is 11.6 Å². The van der Waals surface area contributed by atoms with E-state index in [4.69, 9.17) is 25.8 Å². The Kier molecular flexibility index (Phi) is 41.2. The first kappa shape index (κ1) is 57.4. The third-order valence-corrected chi connectivity index (χ3v) is 11.5. The first-order valence-electron chi connectivity index (χ1n) is 25.0. The highest BCUT2D eigenvalue weighted by molar-refractivity contribution is 5.73. The van der Waals surface area contributed by atoms with Gasteiger partial charge in [0.2, 0.25) is 0 Å². The average molecular weight is 854 g/mol. The fraction of sp³-hybridized carbons (Fsp3) is 0.917. The highest BCUT2D eigenvalue weighted by atomic mass is 16.7. The molecule has 0 radical (unpaired) electrons. The van der Waals surface area contributed by atoms with Gasteiger partial charge in [-0.3, -0.25) is 14.5 Å². The molecule has 0 saturated carbocycles. The number of hydrazone groups is 1. The Bertz CT molecular complexity index is 1020. The number of nitrogens with zero attached hydrogens (tertiary/aromatic N) is 3. The molecule has 0 fully saturated rings. The number of rotatable bonds is 45. The molecule has 5 N–H and O–H groups in total. The van der Waals surface area contributed by atoms with Gasteiger partial charge in [0.1, 0.15) is 24.6 Å². The topological polar surface area (TPSA) is 170 Å². The molecule has 0 aliphatic heterocycles. The lowest BCUT2D eigenvalue weighted by molar-refractivity contribution is -0.150. The van der Waals surface area contributed by atoms with E-state index in [2.05, 4.69) is 32.8 Å². The number of unbranched alkanes of at least 4 members (excludes halogenated alkanes) is 22. The van der Waals surface area contributed by atoms with Crippen LogP contribution in [0.5, 0.6) is 0 Å². The van der Waals surface area contributed by atoms with Gasteiger partial charge in [0.25, 0.3) is 0 Å². The molecule has 12 heteroatoms. The predicted octanol–water partition coefficient (Wildman–Crippen LogP) is 12.2. The van der Waals surface area contributed by atoms with E-state index in [0.29, 0.717) is 26.1 Å². The van der Waals surface area contributed by atoms with Crippen LogP contribution in [0.3, 0.4) is 0 Å². The van der Waals surface area contributed by atoms with Crippen LogP contribution in [-0.2, 0) is 23.8 Å². The van der Waals surface area contributed by atoms with Gasteiger partial charge in [-0.1, -0.05) is 156 Å². The molecular weight excluding hydrogens is 759 g/mol. The molecule has 3 unspecified atom stereocenters. The minimum atomic E-state index is -0.960. The van der Waals surface area contributed by atoms with E-state index in [1.165, 1.54) is 96.3 Å². The second-order valence-electron chi connectivity index (χ2n) is 17.1. The summed E-state index contributed by atoms with van der Waals surface area (Å²) in [5.41, 5.74) is 5.41. The molecule has 0 bridgehead atoms. The summed E-state index contributed by atoms with van der Waals surface area (Å²) >= 11 is 0. The summed E-state index contributed by atoms with van der Waals surface area (Å²) in [5, 5.41) is 15.1. The predicted molar refractivity (Wildman–Crippen MR) is 248 cm³/mol. The Morgan fingerprint density at radius 1 is 0.567 bits per heavy atom. The smallest absolute Gasteiger partial charge is 0.480 e. The number of hydrogen-bond acceptors (Lipinski definition) is 10. The molecule has 12 nitrogen and oxygen atoms in total. The van der Waals surface area contributed by atoms with E-state index in [9.17, 15) is 19.5 Å². The maximum atomic E-state index is 12.8. The number of aliphatic carboxylic acids is 1. The van der Waals surface area contributed by atoms with E-state index in [-0.39, 0.29) is 24.7 Å². The Morgan fingerprint density at radius 3 is 1.43 bits per heavy atom. The number of nitrogens with two attached hydrogens (primary N) is 2. The molecule has 0 aliphatic carbocycles. The van der Waals surface area contributed by atoms with Gasteiger partial charge in [0.05, 0.1) is 13.2 Å². The van der Waals surface area contributed by atoms with Gasteiger partial charge in [-0.25, -0.2) is 15.8 Å². The molecule has 0 aliphatic rings. The van der Waals surface area contributed by atoms with E-state index < -0.39 is 18.2 Å². The third-order valence-electron chi connectivity index (χ3n) is 11.5. The van der Waals surface area contributed by atoms with Gasteiger partial charge in [-0.05, 0) is 90.1 Å². The fourth-order valence-corrected chi connectivity index (χ4v) is 7.79. The standard InChI is InChI=1S/C48H95N5O7/c1-5-9-13-17-19-27-34-43(33-25-15-11-7-3)59-46(54)37-29-21-22-30-38-52(45(47(55)56)41-53(50)51-42-49)39-31-23-24-32-40-58-48(57)60-44(35-26-16-12-8-4)36-28-20-18-14-10-6-2/h42-45H,5-41,50H2,1-4H3,(H2,49,51)(H,55,56). The molecular formula is C48H95N5O7. The van der Waals surface area contributed by atoms with Gasteiger partial charge in [-0.2, -0.15) is 5.10 Å². The number of carboxylic acid groups (broad SMARTS) is 1. The summed E-state index contributed by atoms with van der Waals surface area (Å²) in [7, 11) is 0. The fourth-order valence-electron chi connectivity index (χ4n) is 7.79. The zero-order chi connectivity index (χ0) is 44.3. The summed E-state index contributed by atoms with van der Waals surface area (Å²) in [6, 6.07) is -0.848. The number of esters is 1. The summed E-state index contributed by atoms with van der Waals surface area (Å²) in [6.45, 7) is 10.4. The van der Waals surface area contributed by atoms with Crippen LogP contribution in [0, 0.1) is 0 Å². The molecule has 0 aromatic rings. The maximum Gasteiger partial charge on any atom is 0.508 e. The number of hydrogen-bond donors (Lipinski definition) is 3. The average Bonchev–Trinajstić information content (AvgIpc) is 3.22. The van der Waals surface area contributed by atoms with Gasteiger partial charge < -0.3 is 25.1 Å². The Morgan fingerprint density at radius 2 is 0.967 bits per heavy atom. The van der Waals surface area contributed by atoms with Crippen molar-refractivity contribution in [2.45, 2.75) is 258 Å². The van der Waals surface area contributed by atoms with Gasteiger partial charge in [-0.15, -0.1) is 0 Å². The summed E-state index contributed by atoms with van der Waals surface area (Å²) in [6.07, 6.45) is 35.2. The molecule has 60 heavy (non-hydrogen) atoms. The Labute approximate surface area is 368 Å². The molecule has 0 heterocycles. The van der Waals surface area contributed by atoms with E-state index in [1.54, 1.807) is 0 Å². The van der Waals surface area contributed by atoms with Gasteiger partial charge in [0.15, 0.2) is 0 Å². The van der Waals surface area contributed by atoms with E-state index >= 15 is 0 Å². The van der Waals surface area contributed by atoms with Crippen LogP contribution in [0.2, 0.25) is 0 Å². The molecule has 354 valence electrons. The zero-order valence-electron chi connectivity index (χ0n) is 39.4. The lowest BCUT2D eigenvalue weighted by atomic mass is 10.0. The first-order chi connectivity index (χ1) is 29.2. The maximum absolute atomic E-state index is 12.8. The summed E-state index contributed by atoms with van der Waals surface area (Å²) in [5.74, 6) is 4.87. The summed E-state index contributed by atoms with van der Waals surface area (Å²) < 4.78 is 17.2. The minimum Gasteiger partial charge on any atom is -0.480 e. The number of carboxylic acids is 1. The van der Waals surface area contributed by atoms with Crippen molar-refractivity contribution in [3.8, 4) is 0 Å². The molecule has 0 rings (SSSR count). The summed E-state index contributed by atoms with van der Waals surface area (Å²) in [4.78, 5) is 39.8. The SMILES string of the molecule is CCCCCCCCC(CCCCCC)OC(=O)CCCCCCN(CCCCCCOC(=O)OC(CCCCCC)CCCCCCCC)C(CN(N)/N=C\N)C(=O)O. The largest absolute Gasteiger partial charge is 0.508 e. The number of carbonyl (C=O) groups is 3. The van der Waals surface area contributed by atoms with Crippen molar-refractivity contribution in [1.82, 2.24) is 10.0 Å². The molecule has 3 atom stereocenters. The Balaban J connectivity index is 4.83.